The highest BCUT2D eigenvalue weighted by Crippen LogP contribution is 2.25. The molecule has 1 amide bonds. The summed E-state index contributed by atoms with van der Waals surface area (Å²) in [5.74, 6) is 0.488. The van der Waals surface area contributed by atoms with E-state index in [0.717, 1.165) is 28.8 Å². The van der Waals surface area contributed by atoms with E-state index < -0.39 is 0 Å². The van der Waals surface area contributed by atoms with E-state index >= 15 is 0 Å². The molecule has 0 unspecified atom stereocenters. The maximum absolute atomic E-state index is 12.3. The van der Waals surface area contributed by atoms with Crippen molar-refractivity contribution in [2.24, 2.45) is 0 Å². The van der Waals surface area contributed by atoms with Gasteiger partial charge in [0.05, 0.1) is 5.75 Å². The highest BCUT2D eigenvalue weighted by atomic mass is 35.5. The standard InChI is InChI=1S/C19H18ClN3O2S/c1-3-13-6-4-5-12(2)17(13)21-16(24)11-26-19-23-22-18(25-19)14-7-9-15(20)10-8-14/h4-10H,3,11H2,1-2H3,(H,21,24). The molecule has 0 saturated heterocycles. The van der Waals surface area contributed by atoms with Crippen LogP contribution >= 0.6 is 23.4 Å². The lowest BCUT2D eigenvalue weighted by Gasteiger charge is -2.12. The number of carbonyl (C=O) groups excluding carboxylic acids is 1. The molecule has 3 aromatic rings. The number of thioether (sulfide) groups is 1. The lowest BCUT2D eigenvalue weighted by Crippen LogP contribution is -2.16. The van der Waals surface area contributed by atoms with Crippen LogP contribution in [0.25, 0.3) is 11.5 Å². The molecule has 1 heterocycles. The van der Waals surface area contributed by atoms with Gasteiger partial charge in [-0.3, -0.25) is 4.79 Å². The van der Waals surface area contributed by atoms with E-state index in [2.05, 4.69) is 22.4 Å². The average molecular weight is 388 g/mol. The van der Waals surface area contributed by atoms with Crippen LogP contribution in [0.15, 0.2) is 52.1 Å². The lowest BCUT2D eigenvalue weighted by atomic mass is 10.1. The number of amides is 1. The number of aromatic nitrogens is 2. The van der Waals surface area contributed by atoms with E-state index in [1.165, 1.54) is 11.8 Å². The second-order valence-corrected chi connectivity index (χ2v) is 7.04. The van der Waals surface area contributed by atoms with Crippen LogP contribution in [-0.2, 0) is 11.2 Å². The highest BCUT2D eigenvalue weighted by molar-refractivity contribution is 7.99. The minimum Gasteiger partial charge on any atom is -0.411 e. The van der Waals surface area contributed by atoms with Crippen LogP contribution in [0, 0.1) is 6.92 Å². The molecule has 0 aliphatic carbocycles. The smallest absolute Gasteiger partial charge is 0.277 e. The maximum Gasteiger partial charge on any atom is 0.277 e. The molecule has 2 aromatic carbocycles. The minimum atomic E-state index is -0.106. The van der Waals surface area contributed by atoms with Gasteiger partial charge >= 0.3 is 0 Å². The Morgan fingerprint density at radius 2 is 1.96 bits per heavy atom. The van der Waals surface area contributed by atoms with Crippen molar-refractivity contribution < 1.29 is 9.21 Å². The number of carbonyl (C=O) groups is 1. The molecule has 0 spiro atoms. The molecule has 0 radical (unpaired) electrons. The van der Waals surface area contributed by atoms with Gasteiger partial charge in [-0.15, -0.1) is 10.2 Å². The van der Waals surface area contributed by atoms with Crippen molar-refractivity contribution in [3.8, 4) is 11.5 Å². The van der Waals surface area contributed by atoms with Crippen LogP contribution in [-0.4, -0.2) is 21.9 Å². The Morgan fingerprint density at radius 3 is 2.69 bits per heavy atom. The van der Waals surface area contributed by atoms with Gasteiger partial charge in [-0.1, -0.05) is 48.5 Å². The van der Waals surface area contributed by atoms with E-state index in [9.17, 15) is 4.79 Å². The first-order valence-corrected chi connectivity index (χ1v) is 9.53. The summed E-state index contributed by atoms with van der Waals surface area (Å²) >= 11 is 7.08. The van der Waals surface area contributed by atoms with Crippen LogP contribution in [0.5, 0.6) is 0 Å². The third-order valence-corrected chi connectivity index (χ3v) is 4.90. The van der Waals surface area contributed by atoms with Crippen molar-refractivity contribution in [2.75, 3.05) is 11.1 Å². The van der Waals surface area contributed by atoms with E-state index in [0.29, 0.717) is 16.1 Å². The molecular weight excluding hydrogens is 370 g/mol. The predicted octanol–water partition coefficient (Wildman–Crippen LogP) is 4.99. The Bertz CT molecular complexity index is 909. The number of hydrogen-bond donors (Lipinski definition) is 1. The number of nitrogens with zero attached hydrogens (tertiary/aromatic N) is 2. The maximum atomic E-state index is 12.3. The first-order valence-electron chi connectivity index (χ1n) is 8.17. The summed E-state index contributed by atoms with van der Waals surface area (Å²) in [6.45, 7) is 4.05. The Kier molecular flexibility index (Phi) is 5.96. The summed E-state index contributed by atoms with van der Waals surface area (Å²) in [5.41, 5.74) is 3.83. The van der Waals surface area contributed by atoms with Crippen molar-refractivity contribution in [1.82, 2.24) is 10.2 Å². The Balaban J connectivity index is 1.61. The molecule has 0 bridgehead atoms. The van der Waals surface area contributed by atoms with E-state index in [1.807, 2.05) is 37.3 Å². The van der Waals surface area contributed by atoms with Crippen LogP contribution in [0.3, 0.4) is 0 Å². The molecule has 134 valence electrons. The molecular formula is C19H18ClN3O2S. The van der Waals surface area contributed by atoms with Crippen molar-refractivity contribution >= 4 is 35.0 Å². The molecule has 1 N–H and O–H groups in total. The monoisotopic (exact) mass is 387 g/mol. The van der Waals surface area contributed by atoms with Gasteiger partial charge in [0, 0.05) is 16.3 Å². The number of para-hydroxylation sites is 1. The summed E-state index contributed by atoms with van der Waals surface area (Å²) in [5, 5.41) is 12.0. The van der Waals surface area contributed by atoms with E-state index in [-0.39, 0.29) is 11.7 Å². The zero-order valence-electron chi connectivity index (χ0n) is 14.5. The van der Waals surface area contributed by atoms with Gasteiger partial charge in [-0.05, 0) is 48.7 Å². The quantitative estimate of drug-likeness (QED) is 0.603. The Hall–Kier alpha value is -2.31. The first-order chi connectivity index (χ1) is 12.6. The second kappa shape index (κ2) is 8.38. The summed E-state index contributed by atoms with van der Waals surface area (Å²) in [7, 11) is 0. The largest absolute Gasteiger partial charge is 0.411 e. The SMILES string of the molecule is CCc1cccc(C)c1NC(=O)CSc1nnc(-c2ccc(Cl)cc2)o1. The number of nitrogens with one attached hydrogen (secondary N) is 1. The Labute approximate surface area is 161 Å². The van der Waals surface area contributed by atoms with Crippen LogP contribution in [0.4, 0.5) is 5.69 Å². The molecule has 26 heavy (non-hydrogen) atoms. The first kappa shape index (κ1) is 18.5. The fourth-order valence-electron chi connectivity index (χ4n) is 2.48. The van der Waals surface area contributed by atoms with Crippen molar-refractivity contribution in [3.63, 3.8) is 0 Å². The third kappa shape index (κ3) is 4.45. The Morgan fingerprint density at radius 1 is 1.19 bits per heavy atom. The molecule has 0 saturated carbocycles. The number of anilines is 1. The molecule has 0 aliphatic heterocycles. The van der Waals surface area contributed by atoms with E-state index in [4.69, 9.17) is 16.0 Å². The van der Waals surface area contributed by atoms with Gasteiger partial charge < -0.3 is 9.73 Å². The number of rotatable bonds is 6. The molecule has 1 aromatic heterocycles. The molecule has 3 rings (SSSR count). The molecule has 0 fully saturated rings. The number of hydrogen-bond acceptors (Lipinski definition) is 5. The van der Waals surface area contributed by atoms with Gasteiger partial charge in [0.25, 0.3) is 5.22 Å². The average Bonchev–Trinajstić information content (AvgIpc) is 3.11. The zero-order chi connectivity index (χ0) is 18.5. The van der Waals surface area contributed by atoms with Gasteiger partial charge in [0.2, 0.25) is 11.8 Å². The summed E-state index contributed by atoms with van der Waals surface area (Å²) in [6.07, 6.45) is 0.860. The third-order valence-electron chi connectivity index (χ3n) is 3.83. The molecule has 0 aliphatic rings. The lowest BCUT2D eigenvalue weighted by molar-refractivity contribution is -0.113. The van der Waals surface area contributed by atoms with Crippen LogP contribution < -0.4 is 5.32 Å². The number of aryl methyl sites for hydroxylation is 2. The zero-order valence-corrected chi connectivity index (χ0v) is 16.0. The van der Waals surface area contributed by atoms with Crippen molar-refractivity contribution in [3.05, 3.63) is 58.6 Å². The van der Waals surface area contributed by atoms with Gasteiger partial charge in [0.15, 0.2) is 0 Å². The number of benzene rings is 2. The topological polar surface area (TPSA) is 68.0 Å². The molecule has 0 atom stereocenters. The summed E-state index contributed by atoms with van der Waals surface area (Å²) in [4.78, 5) is 12.3. The molecule has 7 heteroatoms. The van der Waals surface area contributed by atoms with Crippen molar-refractivity contribution in [1.29, 1.82) is 0 Å². The van der Waals surface area contributed by atoms with Gasteiger partial charge in [-0.25, -0.2) is 0 Å². The second-order valence-electron chi connectivity index (χ2n) is 5.68. The fourth-order valence-corrected chi connectivity index (χ4v) is 3.17. The normalized spacial score (nSPS) is 10.7. The molecule has 5 nitrogen and oxygen atoms in total. The summed E-state index contributed by atoms with van der Waals surface area (Å²) < 4.78 is 5.60. The minimum absolute atomic E-state index is 0.106. The number of halogens is 1. The van der Waals surface area contributed by atoms with Crippen LogP contribution in [0.1, 0.15) is 18.1 Å². The van der Waals surface area contributed by atoms with Crippen LogP contribution in [0.2, 0.25) is 5.02 Å². The predicted molar refractivity (Wildman–Crippen MR) is 105 cm³/mol. The van der Waals surface area contributed by atoms with Crippen molar-refractivity contribution in [2.45, 2.75) is 25.5 Å². The summed E-state index contributed by atoms with van der Waals surface area (Å²) in [6, 6.07) is 13.1. The fraction of sp³-hybridized carbons (Fsp3) is 0.211. The van der Waals surface area contributed by atoms with E-state index in [1.54, 1.807) is 12.1 Å². The van der Waals surface area contributed by atoms with Gasteiger partial charge in [0.1, 0.15) is 0 Å². The van der Waals surface area contributed by atoms with Gasteiger partial charge in [-0.2, -0.15) is 0 Å². The highest BCUT2D eigenvalue weighted by Gasteiger charge is 2.13.